The Hall–Kier alpha value is -4.09. The predicted molar refractivity (Wildman–Crippen MR) is 133 cm³/mol. The van der Waals surface area contributed by atoms with Gasteiger partial charge in [0.05, 0.1) is 27.8 Å². The number of amides is 1. The number of aryl methyl sites for hydroxylation is 1. The third-order valence-electron chi connectivity index (χ3n) is 5.69. The molecule has 0 saturated carbocycles. The number of aliphatic hydroxyl groups is 1. The van der Waals surface area contributed by atoms with Crippen LogP contribution in [0.1, 0.15) is 22.0 Å². The molecule has 0 bridgehead atoms. The summed E-state index contributed by atoms with van der Waals surface area (Å²) >= 11 is 2.55. The molecule has 9 nitrogen and oxygen atoms in total. The van der Waals surface area contributed by atoms with Gasteiger partial charge in [0.1, 0.15) is 17.6 Å². The second kappa shape index (κ2) is 8.60. The standard InChI is InChI=1S/C24H17N3O6S2/c1-12-9-15-18(11-16(12)33-2)35-24(25-15)26-20(17-7-4-8-34-17)19(22(29)23(26)30)21(28)13-5-3-6-14(10-13)27(31)32/h3-11,20,28H,1-2H3/b21-19+. The number of fused-ring (bicyclic) bond motifs is 1. The van der Waals surface area contributed by atoms with Gasteiger partial charge in [-0.3, -0.25) is 24.6 Å². The number of thiophene rings is 1. The first-order chi connectivity index (χ1) is 16.8. The maximum atomic E-state index is 13.3. The van der Waals surface area contributed by atoms with Crippen LogP contribution in [0.15, 0.2) is 59.5 Å². The molecule has 1 unspecified atom stereocenters. The fourth-order valence-corrected chi connectivity index (χ4v) is 5.86. The number of hydrogen-bond donors (Lipinski definition) is 1. The molecular formula is C24H17N3O6S2. The van der Waals surface area contributed by atoms with E-state index in [2.05, 4.69) is 4.98 Å². The van der Waals surface area contributed by atoms with Gasteiger partial charge < -0.3 is 9.84 Å². The van der Waals surface area contributed by atoms with Crippen molar-refractivity contribution in [2.45, 2.75) is 13.0 Å². The van der Waals surface area contributed by atoms with E-state index in [0.717, 1.165) is 10.3 Å². The highest BCUT2D eigenvalue weighted by molar-refractivity contribution is 7.22. The molecule has 176 valence electrons. The molecule has 1 N–H and O–H groups in total. The average molecular weight is 508 g/mol. The Morgan fingerprint density at radius 2 is 2.00 bits per heavy atom. The Morgan fingerprint density at radius 1 is 1.20 bits per heavy atom. The van der Waals surface area contributed by atoms with Crippen molar-refractivity contribution in [3.8, 4) is 5.75 Å². The van der Waals surface area contributed by atoms with Crippen LogP contribution in [0.5, 0.6) is 5.75 Å². The summed E-state index contributed by atoms with van der Waals surface area (Å²) in [5, 5.41) is 24.4. The van der Waals surface area contributed by atoms with Crippen LogP contribution in [0.25, 0.3) is 16.0 Å². The summed E-state index contributed by atoms with van der Waals surface area (Å²) in [5.74, 6) is -1.53. The minimum absolute atomic E-state index is 0.0726. The molecule has 3 heterocycles. The normalized spacial score (nSPS) is 17.3. The van der Waals surface area contributed by atoms with E-state index in [0.29, 0.717) is 21.3 Å². The molecule has 5 rings (SSSR count). The van der Waals surface area contributed by atoms with Crippen molar-refractivity contribution in [2.24, 2.45) is 0 Å². The van der Waals surface area contributed by atoms with Gasteiger partial charge in [-0.05, 0) is 36.1 Å². The number of anilines is 1. The van der Waals surface area contributed by atoms with Crippen LogP contribution in [0.3, 0.4) is 0 Å². The lowest BCUT2D eigenvalue weighted by atomic mass is 9.99. The number of thiazole rings is 1. The number of aliphatic hydroxyl groups excluding tert-OH is 1. The molecule has 1 fully saturated rings. The average Bonchev–Trinajstić information content (AvgIpc) is 3.57. The predicted octanol–water partition coefficient (Wildman–Crippen LogP) is 5.21. The van der Waals surface area contributed by atoms with E-state index < -0.39 is 28.4 Å². The largest absolute Gasteiger partial charge is 0.507 e. The third-order valence-corrected chi connectivity index (χ3v) is 7.63. The summed E-state index contributed by atoms with van der Waals surface area (Å²) < 4.78 is 6.16. The smallest absolute Gasteiger partial charge is 0.301 e. The van der Waals surface area contributed by atoms with E-state index >= 15 is 0 Å². The second-order valence-corrected chi connectivity index (χ2v) is 9.77. The Balaban J connectivity index is 1.70. The SMILES string of the molecule is COc1cc2sc(N3C(=O)C(=O)/C(=C(/O)c4cccc([N+](=O)[O-])c4)C3c3cccs3)nc2cc1C. The fraction of sp³-hybridized carbons (Fsp3) is 0.125. The number of methoxy groups -OCH3 is 1. The zero-order valence-corrected chi connectivity index (χ0v) is 20.1. The van der Waals surface area contributed by atoms with Crippen LogP contribution in [0, 0.1) is 17.0 Å². The van der Waals surface area contributed by atoms with Crippen molar-refractivity contribution < 1.29 is 24.4 Å². The number of hydrogen-bond acceptors (Lipinski definition) is 9. The molecular weight excluding hydrogens is 490 g/mol. The van der Waals surface area contributed by atoms with Crippen molar-refractivity contribution in [3.63, 3.8) is 0 Å². The van der Waals surface area contributed by atoms with Crippen LogP contribution >= 0.6 is 22.7 Å². The molecule has 2 aromatic heterocycles. The van der Waals surface area contributed by atoms with Gasteiger partial charge in [0.2, 0.25) is 0 Å². The number of non-ortho nitro benzene ring substituents is 1. The first kappa shape index (κ1) is 22.7. The highest BCUT2D eigenvalue weighted by Gasteiger charge is 2.48. The number of carbonyl (C=O) groups is 2. The lowest BCUT2D eigenvalue weighted by Crippen LogP contribution is -2.28. The summed E-state index contributed by atoms with van der Waals surface area (Å²) in [6, 6.07) is 11.6. The van der Waals surface area contributed by atoms with E-state index in [4.69, 9.17) is 4.74 Å². The van der Waals surface area contributed by atoms with Gasteiger partial charge in [0.25, 0.3) is 11.5 Å². The van der Waals surface area contributed by atoms with Gasteiger partial charge >= 0.3 is 5.91 Å². The van der Waals surface area contributed by atoms with Crippen molar-refractivity contribution in [3.05, 3.63) is 85.6 Å². The number of carbonyl (C=O) groups excluding carboxylic acids is 2. The number of ketones is 1. The topological polar surface area (TPSA) is 123 Å². The Morgan fingerprint density at radius 3 is 2.69 bits per heavy atom. The highest BCUT2D eigenvalue weighted by Crippen LogP contribution is 2.46. The van der Waals surface area contributed by atoms with E-state index in [1.807, 2.05) is 19.1 Å². The number of aromatic nitrogens is 1. The van der Waals surface area contributed by atoms with Crippen LogP contribution in [0.2, 0.25) is 0 Å². The van der Waals surface area contributed by atoms with E-state index in [1.54, 1.807) is 24.6 Å². The number of benzene rings is 2. The number of nitro benzene ring substituents is 1. The first-order valence-electron chi connectivity index (χ1n) is 10.3. The van der Waals surface area contributed by atoms with Gasteiger partial charge in [-0.2, -0.15) is 0 Å². The van der Waals surface area contributed by atoms with Gasteiger partial charge in [0, 0.05) is 22.6 Å². The molecule has 4 aromatic rings. The third kappa shape index (κ3) is 3.74. The zero-order valence-electron chi connectivity index (χ0n) is 18.4. The highest BCUT2D eigenvalue weighted by atomic mass is 32.1. The van der Waals surface area contributed by atoms with Crippen LogP contribution < -0.4 is 9.64 Å². The van der Waals surface area contributed by atoms with Crippen molar-refractivity contribution in [2.75, 3.05) is 12.0 Å². The molecule has 2 aromatic carbocycles. The maximum absolute atomic E-state index is 13.3. The molecule has 0 radical (unpaired) electrons. The molecule has 11 heteroatoms. The molecule has 1 aliphatic rings. The summed E-state index contributed by atoms with van der Waals surface area (Å²) in [5.41, 5.74) is 1.20. The maximum Gasteiger partial charge on any atom is 0.301 e. The van der Waals surface area contributed by atoms with Gasteiger partial charge in [-0.1, -0.05) is 29.5 Å². The number of rotatable bonds is 5. The van der Waals surface area contributed by atoms with Crippen LogP contribution in [-0.2, 0) is 9.59 Å². The Kier molecular flexibility index (Phi) is 5.58. The summed E-state index contributed by atoms with van der Waals surface area (Å²) in [6.45, 7) is 1.88. The Labute approximate surface area is 206 Å². The fourth-order valence-electron chi connectivity index (χ4n) is 4.04. The van der Waals surface area contributed by atoms with Crippen LogP contribution in [0.4, 0.5) is 10.8 Å². The van der Waals surface area contributed by atoms with Crippen molar-refractivity contribution >= 4 is 61.2 Å². The molecule has 0 spiro atoms. The number of nitrogens with zero attached hydrogens (tertiary/aromatic N) is 3. The Bertz CT molecular complexity index is 1540. The van der Waals surface area contributed by atoms with E-state index in [9.17, 15) is 24.8 Å². The summed E-state index contributed by atoms with van der Waals surface area (Å²) in [4.78, 5) is 43.6. The number of nitro groups is 1. The van der Waals surface area contributed by atoms with Crippen molar-refractivity contribution in [1.82, 2.24) is 4.98 Å². The molecule has 0 aliphatic carbocycles. The molecule has 1 saturated heterocycles. The lowest BCUT2D eigenvalue weighted by molar-refractivity contribution is -0.384. The van der Waals surface area contributed by atoms with Crippen molar-refractivity contribution in [1.29, 1.82) is 0 Å². The summed E-state index contributed by atoms with van der Waals surface area (Å²) in [6.07, 6.45) is 0. The van der Waals surface area contributed by atoms with Gasteiger partial charge in [-0.25, -0.2) is 4.98 Å². The van der Waals surface area contributed by atoms with Crippen LogP contribution in [-0.4, -0.2) is 33.8 Å². The minimum Gasteiger partial charge on any atom is -0.507 e. The van der Waals surface area contributed by atoms with E-state index in [-0.39, 0.29) is 16.8 Å². The number of ether oxygens (including phenoxy) is 1. The van der Waals surface area contributed by atoms with Gasteiger partial charge in [-0.15, -0.1) is 11.3 Å². The lowest BCUT2D eigenvalue weighted by Gasteiger charge is -2.21. The first-order valence-corrected chi connectivity index (χ1v) is 12.0. The van der Waals surface area contributed by atoms with Gasteiger partial charge in [0.15, 0.2) is 5.13 Å². The second-order valence-electron chi connectivity index (χ2n) is 7.78. The molecule has 1 amide bonds. The minimum atomic E-state index is -0.933. The molecule has 1 aliphatic heterocycles. The molecule has 35 heavy (non-hydrogen) atoms. The number of Topliss-reactive ketones (excluding diaryl/α,β-unsaturated/α-hetero) is 1. The monoisotopic (exact) mass is 507 g/mol. The quantitative estimate of drug-likeness (QED) is 0.129. The summed E-state index contributed by atoms with van der Waals surface area (Å²) in [7, 11) is 1.57. The molecule has 1 atom stereocenters. The zero-order chi connectivity index (χ0) is 24.9. The van der Waals surface area contributed by atoms with E-state index in [1.165, 1.54) is 51.8 Å².